The van der Waals surface area contributed by atoms with Crippen molar-refractivity contribution in [1.82, 2.24) is 5.32 Å². The molecule has 2 N–H and O–H groups in total. The fraction of sp³-hybridized carbons (Fsp3) is 0.545. The van der Waals surface area contributed by atoms with E-state index in [1.54, 1.807) is 13.0 Å². The third kappa shape index (κ3) is 5.39. The van der Waals surface area contributed by atoms with Crippen molar-refractivity contribution < 1.29 is 9.90 Å². The SMILES string of the molecule is C#CCC(CC)NC/C=C(/C)C(=O)O. The first kappa shape index (κ1) is 12.7. The maximum absolute atomic E-state index is 10.4. The molecule has 3 heteroatoms. The molecule has 0 fully saturated rings. The maximum Gasteiger partial charge on any atom is 0.330 e. The van der Waals surface area contributed by atoms with E-state index in [2.05, 4.69) is 11.2 Å². The molecule has 0 aromatic rings. The Labute approximate surface area is 85.2 Å². The lowest BCUT2D eigenvalue weighted by molar-refractivity contribution is -0.132. The van der Waals surface area contributed by atoms with Crippen LogP contribution in [0.1, 0.15) is 26.7 Å². The average molecular weight is 195 g/mol. The molecule has 0 saturated carbocycles. The summed E-state index contributed by atoms with van der Waals surface area (Å²) in [5, 5.41) is 11.8. The van der Waals surface area contributed by atoms with Gasteiger partial charge in [-0.3, -0.25) is 0 Å². The lowest BCUT2D eigenvalue weighted by Gasteiger charge is -2.12. The zero-order valence-electron chi connectivity index (χ0n) is 8.71. The van der Waals surface area contributed by atoms with Crippen LogP contribution in [0.2, 0.25) is 0 Å². The third-order valence-electron chi connectivity index (χ3n) is 2.01. The van der Waals surface area contributed by atoms with E-state index in [0.29, 0.717) is 18.5 Å². The number of hydrogen-bond acceptors (Lipinski definition) is 2. The van der Waals surface area contributed by atoms with Crippen LogP contribution in [0.3, 0.4) is 0 Å². The molecule has 0 aliphatic carbocycles. The first-order valence-electron chi connectivity index (χ1n) is 4.68. The Bertz CT molecular complexity index is 251. The Hall–Kier alpha value is -1.27. The lowest BCUT2D eigenvalue weighted by Crippen LogP contribution is -2.28. The van der Waals surface area contributed by atoms with Crippen LogP contribution in [0, 0.1) is 12.3 Å². The van der Waals surface area contributed by atoms with Gasteiger partial charge in [-0.1, -0.05) is 13.0 Å². The molecule has 3 nitrogen and oxygen atoms in total. The molecule has 1 atom stereocenters. The molecule has 0 rings (SSSR count). The van der Waals surface area contributed by atoms with Crippen molar-refractivity contribution in [2.75, 3.05) is 6.54 Å². The molecular weight excluding hydrogens is 178 g/mol. The van der Waals surface area contributed by atoms with Gasteiger partial charge in [0.2, 0.25) is 0 Å². The van der Waals surface area contributed by atoms with E-state index >= 15 is 0 Å². The molecule has 0 aromatic carbocycles. The number of carboxylic acid groups (broad SMARTS) is 1. The lowest BCUT2D eigenvalue weighted by atomic mass is 10.1. The van der Waals surface area contributed by atoms with E-state index < -0.39 is 5.97 Å². The summed E-state index contributed by atoms with van der Waals surface area (Å²) in [6.45, 7) is 4.17. The topological polar surface area (TPSA) is 49.3 Å². The van der Waals surface area contributed by atoms with Crippen molar-refractivity contribution in [3.8, 4) is 12.3 Å². The normalized spacial score (nSPS) is 13.4. The van der Waals surface area contributed by atoms with Gasteiger partial charge in [0.1, 0.15) is 0 Å². The van der Waals surface area contributed by atoms with Gasteiger partial charge in [0.15, 0.2) is 0 Å². The fourth-order valence-corrected chi connectivity index (χ4v) is 0.969. The molecule has 0 aliphatic rings. The Morgan fingerprint density at radius 2 is 2.36 bits per heavy atom. The Morgan fingerprint density at radius 1 is 1.71 bits per heavy atom. The van der Waals surface area contributed by atoms with E-state index in [1.807, 2.05) is 6.92 Å². The van der Waals surface area contributed by atoms with Gasteiger partial charge in [-0.25, -0.2) is 4.79 Å². The number of hydrogen-bond donors (Lipinski definition) is 2. The van der Waals surface area contributed by atoms with Gasteiger partial charge in [0, 0.05) is 24.6 Å². The summed E-state index contributed by atoms with van der Waals surface area (Å²) >= 11 is 0. The van der Waals surface area contributed by atoms with E-state index in [-0.39, 0.29) is 6.04 Å². The number of rotatable bonds is 6. The molecule has 0 bridgehead atoms. The van der Waals surface area contributed by atoms with Gasteiger partial charge in [0.05, 0.1) is 0 Å². The van der Waals surface area contributed by atoms with Gasteiger partial charge < -0.3 is 10.4 Å². The monoisotopic (exact) mass is 195 g/mol. The molecule has 0 saturated heterocycles. The van der Waals surface area contributed by atoms with Crippen molar-refractivity contribution in [3.63, 3.8) is 0 Å². The highest BCUT2D eigenvalue weighted by molar-refractivity contribution is 5.85. The molecule has 78 valence electrons. The quantitative estimate of drug-likeness (QED) is 0.497. The second-order valence-corrected chi connectivity index (χ2v) is 3.11. The van der Waals surface area contributed by atoms with E-state index in [1.165, 1.54) is 0 Å². The predicted molar refractivity (Wildman–Crippen MR) is 56.9 cm³/mol. The number of aliphatic carboxylic acids is 1. The van der Waals surface area contributed by atoms with Crippen LogP contribution in [0.15, 0.2) is 11.6 Å². The second-order valence-electron chi connectivity index (χ2n) is 3.11. The Balaban J connectivity index is 3.87. The first-order valence-corrected chi connectivity index (χ1v) is 4.68. The van der Waals surface area contributed by atoms with Gasteiger partial charge in [0.25, 0.3) is 0 Å². The van der Waals surface area contributed by atoms with Gasteiger partial charge in [-0.2, -0.15) is 0 Å². The summed E-state index contributed by atoms with van der Waals surface area (Å²) in [6, 6.07) is 0.276. The summed E-state index contributed by atoms with van der Waals surface area (Å²) < 4.78 is 0. The van der Waals surface area contributed by atoms with Crippen LogP contribution in [0.5, 0.6) is 0 Å². The highest BCUT2D eigenvalue weighted by Gasteiger charge is 2.02. The van der Waals surface area contributed by atoms with Crippen molar-refractivity contribution in [3.05, 3.63) is 11.6 Å². The minimum Gasteiger partial charge on any atom is -0.478 e. The summed E-state index contributed by atoms with van der Waals surface area (Å²) in [5.41, 5.74) is 0.355. The largest absolute Gasteiger partial charge is 0.478 e. The van der Waals surface area contributed by atoms with E-state index in [0.717, 1.165) is 6.42 Å². The van der Waals surface area contributed by atoms with Crippen LogP contribution in [-0.2, 0) is 4.79 Å². The van der Waals surface area contributed by atoms with Gasteiger partial charge in [-0.15, -0.1) is 12.3 Å². The molecule has 0 heterocycles. The number of carboxylic acids is 1. The average Bonchev–Trinajstić information content (AvgIpc) is 2.16. The molecule has 14 heavy (non-hydrogen) atoms. The van der Waals surface area contributed by atoms with Crippen molar-refractivity contribution in [1.29, 1.82) is 0 Å². The van der Waals surface area contributed by atoms with Crippen LogP contribution in [0.4, 0.5) is 0 Å². The maximum atomic E-state index is 10.4. The predicted octanol–water partition coefficient (Wildman–Crippen LogP) is 1.41. The molecule has 0 aliphatic heterocycles. The third-order valence-corrected chi connectivity index (χ3v) is 2.01. The molecule has 0 spiro atoms. The van der Waals surface area contributed by atoms with Gasteiger partial charge in [-0.05, 0) is 13.3 Å². The summed E-state index contributed by atoms with van der Waals surface area (Å²) in [5.74, 6) is 1.70. The Kier molecular flexibility index (Phi) is 6.51. The molecule has 0 aromatic heterocycles. The standard InChI is InChI=1S/C11H17NO2/c1-4-6-10(5-2)12-8-7-9(3)11(13)14/h1,7,10,12H,5-6,8H2,2-3H3,(H,13,14)/b9-7-. The fourth-order valence-electron chi connectivity index (χ4n) is 0.969. The summed E-state index contributed by atoms with van der Waals surface area (Å²) in [6.07, 6.45) is 8.47. The highest BCUT2D eigenvalue weighted by atomic mass is 16.4. The minimum absolute atomic E-state index is 0.276. The number of nitrogens with one attached hydrogen (secondary N) is 1. The Morgan fingerprint density at radius 3 is 2.79 bits per heavy atom. The van der Waals surface area contributed by atoms with Crippen LogP contribution in [0.25, 0.3) is 0 Å². The van der Waals surface area contributed by atoms with Gasteiger partial charge >= 0.3 is 5.97 Å². The zero-order valence-corrected chi connectivity index (χ0v) is 8.71. The molecule has 0 radical (unpaired) electrons. The smallest absolute Gasteiger partial charge is 0.330 e. The van der Waals surface area contributed by atoms with Crippen molar-refractivity contribution >= 4 is 5.97 Å². The van der Waals surface area contributed by atoms with Crippen LogP contribution in [-0.4, -0.2) is 23.7 Å². The summed E-state index contributed by atoms with van der Waals surface area (Å²) in [7, 11) is 0. The second kappa shape index (κ2) is 7.16. The zero-order chi connectivity index (χ0) is 11.0. The summed E-state index contributed by atoms with van der Waals surface area (Å²) in [4.78, 5) is 10.4. The van der Waals surface area contributed by atoms with Crippen molar-refractivity contribution in [2.45, 2.75) is 32.7 Å². The minimum atomic E-state index is -0.878. The molecular formula is C11H17NO2. The van der Waals surface area contributed by atoms with Crippen molar-refractivity contribution in [2.24, 2.45) is 0 Å². The van der Waals surface area contributed by atoms with E-state index in [4.69, 9.17) is 11.5 Å². The number of carbonyl (C=O) groups is 1. The molecule has 1 unspecified atom stereocenters. The van der Waals surface area contributed by atoms with Crippen LogP contribution >= 0.6 is 0 Å². The van der Waals surface area contributed by atoms with Crippen LogP contribution < -0.4 is 5.32 Å². The molecule has 0 amide bonds. The van der Waals surface area contributed by atoms with E-state index in [9.17, 15) is 4.79 Å². The first-order chi connectivity index (χ1) is 6.61. The number of terminal acetylenes is 1. The highest BCUT2D eigenvalue weighted by Crippen LogP contribution is 1.96.